The van der Waals surface area contributed by atoms with Crippen molar-refractivity contribution in [1.29, 1.82) is 0 Å². The van der Waals surface area contributed by atoms with Crippen molar-refractivity contribution in [3.05, 3.63) is 40.3 Å². The van der Waals surface area contributed by atoms with E-state index in [4.69, 9.17) is 15.4 Å². The number of hydrogen-bond acceptors (Lipinski definition) is 7. The number of amides is 4. The van der Waals surface area contributed by atoms with Gasteiger partial charge in [-0.15, -0.1) is 0 Å². The van der Waals surface area contributed by atoms with Gasteiger partial charge in [-0.25, -0.2) is 4.79 Å². The van der Waals surface area contributed by atoms with Gasteiger partial charge < -0.3 is 31.3 Å². The van der Waals surface area contributed by atoms with Crippen molar-refractivity contribution >= 4 is 41.3 Å². The zero-order valence-corrected chi connectivity index (χ0v) is 23.9. The molecule has 2 saturated heterocycles. The highest BCUT2D eigenvalue weighted by Crippen LogP contribution is 2.33. The highest BCUT2D eigenvalue weighted by Gasteiger charge is 2.42. The molecule has 2 fully saturated rings. The van der Waals surface area contributed by atoms with Gasteiger partial charge in [0, 0.05) is 53.6 Å². The number of unbranched alkanes of at least 4 members (excludes halogenated alkanes) is 1. The van der Waals surface area contributed by atoms with Crippen LogP contribution in [0.15, 0.2) is 29.4 Å². The van der Waals surface area contributed by atoms with E-state index in [1.54, 1.807) is 24.3 Å². The van der Waals surface area contributed by atoms with Crippen molar-refractivity contribution in [2.45, 2.75) is 62.8 Å². The van der Waals surface area contributed by atoms with Crippen molar-refractivity contribution in [3.8, 4) is 0 Å². The number of urea groups is 1. The van der Waals surface area contributed by atoms with Crippen LogP contribution in [0.5, 0.6) is 0 Å². The summed E-state index contributed by atoms with van der Waals surface area (Å²) in [5.74, 6) is 0.0785. The molecular weight excluding hydrogens is 536 g/mol. The third-order valence-electron chi connectivity index (χ3n) is 6.41. The summed E-state index contributed by atoms with van der Waals surface area (Å²) >= 11 is 1.91. The molecule has 0 saturated carbocycles. The fourth-order valence-corrected chi connectivity index (χ4v) is 5.98. The molecule has 13 nitrogen and oxygen atoms in total. The fourth-order valence-electron chi connectivity index (χ4n) is 4.44. The van der Waals surface area contributed by atoms with Crippen LogP contribution in [-0.2, 0) is 9.59 Å². The molecule has 2 heterocycles. The van der Waals surface area contributed by atoms with Crippen LogP contribution >= 0.6 is 11.8 Å². The maximum absolute atomic E-state index is 12.2. The molecule has 3 atom stereocenters. The third-order valence-corrected chi connectivity index (χ3v) is 7.92. The summed E-state index contributed by atoms with van der Waals surface area (Å²) in [7, 11) is 2.03. The second kappa shape index (κ2) is 18.0. The summed E-state index contributed by atoms with van der Waals surface area (Å²) < 4.78 is 0. The first kappa shape index (κ1) is 32.7. The Kier molecular flexibility index (Phi) is 14.7. The van der Waals surface area contributed by atoms with E-state index >= 15 is 0 Å². The minimum Gasteiger partial charge on any atom is -0.481 e. The van der Waals surface area contributed by atoms with Crippen molar-refractivity contribution in [3.63, 3.8) is 0 Å². The maximum atomic E-state index is 12.2. The quantitative estimate of drug-likeness (QED) is 0.0697. The molecule has 40 heavy (non-hydrogen) atoms. The number of carbonyl (C=O) groups excluding carboxylic acids is 3. The van der Waals surface area contributed by atoms with E-state index in [-0.39, 0.29) is 29.9 Å². The van der Waals surface area contributed by atoms with Crippen LogP contribution in [0.3, 0.4) is 0 Å². The molecule has 5 N–H and O–H groups in total. The zero-order chi connectivity index (χ0) is 29.3. The number of thioether (sulfide) groups is 1. The van der Waals surface area contributed by atoms with Gasteiger partial charge >= 0.3 is 6.03 Å². The van der Waals surface area contributed by atoms with Gasteiger partial charge in [0.25, 0.3) is 11.9 Å². The number of rotatable bonds is 15. The topological polar surface area (TPSA) is 189 Å². The van der Waals surface area contributed by atoms with Crippen LogP contribution in [0.4, 0.5) is 10.5 Å². The third kappa shape index (κ3) is 12.6. The van der Waals surface area contributed by atoms with Crippen molar-refractivity contribution in [1.82, 2.24) is 26.2 Å². The SMILES string of the molecule is CC(=O)O.CN(CCCNC(=O)CCCC[C@@H]1SC[C@@H]2NC(=O)N[C@@H]21)CCCNC(=O)c1ccc(N=[N+]=[N-])cc1. The van der Waals surface area contributed by atoms with Crippen LogP contribution in [0.2, 0.25) is 0 Å². The van der Waals surface area contributed by atoms with Gasteiger partial charge in [-0.1, -0.05) is 23.7 Å². The first-order valence-corrected chi connectivity index (χ1v) is 14.5. The Morgan fingerprint density at radius 2 is 1.75 bits per heavy atom. The van der Waals surface area contributed by atoms with Gasteiger partial charge in [0.2, 0.25) is 5.91 Å². The second-order valence-corrected chi connectivity index (χ2v) is 11.0. The molecule has 0 aromatic heterocycles. The number of nitrogens with zero attached hydrogens (tertiary/aromatic N) is 4. The molecule has 14 heteroatoms. The Morgan fingerprint density at radius 3 is 2.40 bits per heavy atom. The van der Waals surface area contributed by atoms with E-state index < -0.39 is 5.97 Å². The Morgan fingerprint density at radius 1 is 1.10 bits per heavy atom. The lowest BCUT2D eigenvalue weighted by atomic mass is 10.0. The minimum atomic E-state index is -0.833. The molecule has 220 valence electrons. The van der Waals surface area contributed by atoms with Crippen molar-refractivity contribution in [2.75, 3.05) is 39.0 Å². The van der Waals surface area contributed by atoms with Gasteiger partial charge in [0.15, 0.2) is 0 Å². The van der Waals surface area contributed by atoms with E-state index in [1.165, 1.54) is 0 Å². The largest absolute Gasteiger partial charge is 0.481 e. The molecule has 0 unspecified atom stereocenters. The number of benzene rings is 1. The minimum absolute atomic E-state index is 0.0564. The first-order chi connectivity index (χ1) is 19.2. The lowest BCUT2D eigenvalue weighted by Gasteiger charge is -2.17. The number of aliphatic carboxylic acids is 1. The van der Waals surface area contributed by atoms with E-state index in [2.05, 4.69) is 36.2 Å². The zero-order valence-electron chi connectivity index (χ0n) is 23.1. The highest BCUT2D eigenvalue weighted by atomic mass is 32.2. The van der Waals surface area contributed by atoms with Crippen molar-refractivity contribution in [2.24, 2.45) is 5.11 Å². The Hall–Kier alpha value is -3.48. The number of carboxylic acids is 1. The second-order valence-electron chi connectivity index (χ2n) is 9.74. The standard InChI is InChI=1S/C24H36N8O3S.C2H4O2/c1-32(15-5-13-27-23(34)17-8-10-18(11-9-17)30-31-25)14-4-12-26-21(33)7-3-2-6-20-22-19(16-36-20)28-24(35)29-22;1-2(3)4/h8-11,19-20,22H,2-7,12-16H2,1H3,(H,26,33)(H,27,34)(H2,28,29,35);1H3,(H,3,4)/t19-,20-,22-;/m0./s1. The van der Waals surface area contributed by atoms with Crippen LogP contribution in [0.1, 0.15) is 55.8 Å². The highest BCUT2D eigenvalue weighted by molar-refractivity contribution is 8.00. The molecule has 1 aromatic rings. The first-order valence-electron chi connectivity index (χ1n) is 13.5. The summed E-state index contributed by atoms with van der Waals surface area (Å²) in [5.41, 5.74) is 9.43. The number of azide groups is 1. The molecule has 0 radical (unpaired) electrons. The van der Waals surface area contributed by atoms with E-state index in [1.807, 2.05) is 18.8 Å². The number of hydrogen-bond donors (Lipinski definition) is 5. The number of carboxylic acid groups (broad SMARTS) is 1. The predicted molar refractivity (Wildman–Crippen MR) is 155 cm³/mol. The molecule has 3 rings (SSSR count). The van der Waals surface area contributed by atoms with Gasteiger partial charge in [0.05, 0.1) is 12.1 Å². The Balaban J connectivity index is 0.00000131. The lowest BCUT2D eigenvalue weighted by Crippen LogP contribution is -2.36. The van der Waals surface area contributed by atoms with Gasteiger partial charge in [-0.05, 0) is 63.5 Å². The summed E-state index contributed by atoms with van der Waals surface area (Å²) in [6.45, 7) is 4.03. The van der Waals surface area contributed by atoms with Crippen LogP contribution in [0.25, 0.3) is 10.4 Å². The van der Waals surface area contributed by atoms with Gasteiger partial charge in [-0.3, -0.25) is 14.4 Å². The number of fused-ring (bicyclic) bond motifs is 1. The van der Waals surface area contributed by atoms with Crippen LogP contribution in [0, 0.1) is 0 Å². The molecule has 2 aliphatic heterocycles. The molecule has 1 aromatic carbocycles. The van der Waals surface area contributed by atoms with Gasteiger partial charge in [0.1, 0.15) is 0 Å². The number of carbonyl (C=O) groups is 4. The smallest absolute Gasteiger partial charge is 0.315 e. The van der Waals surface area contributed by atoms with E-state index in [0.29, 0.717) is 36.0 Å². The average molecular weight is 577 g/mol. The molecule has 2 aliphatic rings. The average Bonchev–Trinajstić information content (AvgIpc) is 3.46. The number of nitrogens with one attached hydrogen (secondary N) is 4. The maximum Gasteiger partial charge on any atom is 0.315 e. The lowest BCUT2D eigenvalue weighted by molar-refractivity contribution is -0.134. The summed E-state index contributed by atoms with van der Waals surface area (Å²) in [6.07, 6.45) is 5.12. The van der Waals surface area contributed by atoms with Crippen molar-refractivity contribution < 1.29 is 24.3 Å². The van der Waals surface area contributed by atoms with E-state index in [9.17, 15) is 14.4 Å². The van der Waals surface area contributed by atoms with Gasteiger partial charge in [-0.2, -0.15) is 11.8 Å². The van der Waals surface area contributed by atoms with Crippen LogP contribution in [-0.4, -0.2) is 90.1 Å². The summed E-state index contributed by atoms with van der Waals surface area (Å²) in [6, 6.07) is 6.92. The summed E-state index contributed by atoms with van der Waals surface area (Å²) in [4.78, 5) is 49.6. The predicted octanol–water partition coefficient (Wildman–Crippen LogP) is 3.00. The van der Waals surface area contributed by atoms with Crippen LogP contribution < -0.4 is 21.3 Å². The normalized spacial score (nSPS) is 18.9. The van der Waals surface area contributed by atoms with E-state index in [0.717, 1.165) is 57.9 Å². The molecule has 4 amide bonds. The molecule has 0 spiro atoms. The Labute approximate surface area is 238 Å². The Bertz CT molecular complexity index is 1030. The summed E-state index contributed by atoms with van der Waals surface area (Å²) in [5, 5.41) is 23.2. The molecular formula is C26H40N8O5S. The monoisotopic (exact) mass is 576 g/mol. The molecule has 0 aliphatic carbocycles. The molecule has 0 bridgehead atoms. The fraction of sp³-hybridized carbons (Fsp3) is 0.615.